The molecule has 2 heterocycles. The number of imide groups is 2. The molecule has 0 unspecified atom stereocenters. The molecule has 6 rings (SSSR count). The molecule has 208 valence electrons. The Labute approximate surface area is 233 Å². The van der Waals surface area contributed by atoms with E-state index in [1.54, 1.807) is 49.4 Å². The number of amides is 4. The Balaban J connectivity index is 1.55. The van der Waals surface area contributed by atoms with Crippen molar-refractivity contribution in [2.24, 2.45) is 29.1 Å². The van der Waals surface area contributed by atoms with Gasteiger partial charge in [-0.2, -0.15) is 0 Å². The number of aromatic hydroxyl groups is 1. The number of anilines is 1. The van der Waals surface area contributed by atoms with Gasteiger partial charge in [-0.05, 0) is 64.7 Å². The van der Waals surface area contributed by atoms with Crippen molar-refractivity contribution in [3.63, 3.8) is 0 Å². The van der Waals surface area contributed by atoms with Gasteiger partial charge in [0.1, 0.15) is 0 Å². The van der Waals surface area contributed by atoms with Gasteiger partial charge in [0, 0.05) is 17.0 Å². The fraction of sp³-hybridized carbons (Fsp3) is 0.438. The number of methoxy groups -OCH3 is 1. The number of ether oxygens (including phenoxy) is 1. The predicted octanol–water partition coefficient (Wildman–Crippen LogP) is 4.43. The second-order valence-corrected chi connectivity index (χ2v) is 12.6. The molecule has 1 N–H and O–H groups in total. The Bertz CT molecular complexity index is 1470. The van der Waals surface area contributed by atoms with E-state index in [9.17, 15) is 24.3 Å². The molecule has 2 saturated heterocycles. The van der Waals surface area contributed by atoms with Crippen molar-refractivity contribution in [1.82, 2.24) is 4.90 Å². The third-order valence-electron chi connectivity index (χ3n) is 9.52. The molecular formula is C32H34N2O6. The number of carbonyl (C=O) groups is 4. The monoisotopic (exact) mass is 542 g/mol. The number of rotatable bonds is 3. The molecule has 0 spiro atoms. The number of nitrogens with zero attached hydrogens (tertiary/aromatic N) is 2. The molecule has 0 bridgehead atoms. The summed E-state index contributed by atoms with van der Waals surface area (Å²) in [6.45, 7) is 7.35. The van der Waals surface area contributed by atoms with Gasteiger partial charge >= 0.3 is 0 Å². The highest BCUT2D eigenvalue weighted by Gasteiger charge is 2.68. The van der Waals surface area contributed by atoms with Gasteiger partial charge in [0.2, 0.25) is 23.6 Å². The number of carbonyl (C=O) groups excluding carboxylic acids is 4. The smallest absolute Gasteiger partial charge is 0.241 e. The number of hydrogen-bond donors (Lipinski definition) is 1. The summed E-state index contributed by atoms with van der Waals surface area (Å²) in [6, 6.07) is 14.0. The summed E-state index contributed by atoms with van der Waals surface area (Å²) in [7, 11) is 1.46. The van der Waals surface area contributed by atoms with Gasteiger partial charge in [-0.1, -0.05) is 42.0 Å². The van der Waals surface area contributed by atoms with E-state index in [0.717, 1.165) is 5.57 Å². The number of phenolic OH excluding ortho intramolecular Hbond substituents is 1. The van der Waals surface area contributed by atoms with E-state index >= 15 is 0 Å². The van der Waals surface area contributed by atoms with Crippen molar-refractivity contribution in [2.75, 3.05) is 12.0 Å². The van der Waals surface area contributed by atoms with Crippen molar-refractivity contribution in [2.45, 2.75) is 52.0 Å². The fourth-order valence-electron chi connectivity index (χ4n) is 7.78. The van der Waals surface area contributed by atoms with E-state index in [1.165, 1.54) is 16.9 Å². The van der Waals surface area contributed by atoms with E-state index in [1.807, 2.05) is 32.9 Å². The molecule has 2 aliphatic heterocycles. The van der Waals surface area contributed by atoms with Crippen LogP contribution in [0.25, 0.3) is 0 Å². The number of likely N-dealkylation sites (tertiary alicyclic amines) is 1. The van der Waals surface area contributed by atoms with Crippen LogP contribution in [0.2, 0.25) is 0 Å². The molecule has 0 radical (unpaired) electrons. The second-order valence-electron chi connectivity index (χ2n) is 12.6. The summed E-state index contributed by atoms with van der Waals surface area (Å²) < 4.78 is 5.41. The first-order valence-corrected chi connectivity index (χ1v) is 13.8. The zero-order valence-corrected chi connectivity index (χ0v) is 23.4. The molecule has 4 aliphatic rings. The average Bonchev–Trinajstić information content (AvgIpc) is 3.29. The van der Waals surface area contributed by atoms with Gasteiger partial charge in [0.15, 0.2) is 11.5 Å². The molecule has 8 nitrogen and oxygen atoms in total. The summed E-state index contributed by atoms with van der Waals surface area (Å²) in [4.78, 5) is 58.5. The Morgan fingerprint density at radius 2 is 1.62 bits per heavy atom. The first-order valence-electron chi connectivity index (χ1n) is 13.8. The van der Waals surface area contributed by atoms with Gasteiger partial charge in [0.25, 0.3) is 0 Å². The van der Waals surface area contributed by atoms with E-state index in [2.05, 4.69) is 0 Å². The lowest BCUT2D eigenvalue weighted by atomic mass is 9.51. The second kappa shape index (κ2) is 8.78. The highest BCUT2D eigenvalue weighted by Crippen LogP contribution is 2.65. The Hall–Kier alpha value is -3.94. The molecule has 4 amide bonds. The SMILES string of the molecule is COc1cccc([C@H]2C3=CC[C@@H]4C(=O)N(C(C)(C)C)C(=O)[C@@H]4[C@@H]3C[C@H]3C(=O)N(c4ccccc4)C(=O)[C@@]23C)c1O. The van der Waals surface area contributed by atoms with Crippen LogP contribution in [0.3, 0.4) is 0 Å². The highest BCUT2D eigenvalue weighted by molar-refractivity contribution is 6.24. The molecule has 0 aromatic heterocycles. The summed E-state index contributed by atoms with van der Waals surface area (Å²) in [6.07, 6.45) is 2.62. The summed E-state index contributed by atoms with van der Waals surface area (Å²) in [5, 5.41) is 11.3. The van der Waals surface area contributed by atoms with E-state index < -0.39 is 40.5 Å². The third kappa shape index (κ3) is 3.37. The van der Waals surface area contributed by atoms with E-state index in [-0.39, 0.29) is 41.5 Å². The Kier molecular flexibility index (Phi) is 5.77. The minimum atomic E-state index is -1.22. The molecular weight excluding hydrogens is 508 g/mol. The highest BCUT2D eigenvalue weighted by atomic mass is 16.5. The lowest BCUT2D eigenvalue weighted by Crippen LogP contribution is -2.49. The molecule has 6 atom stereocenters. The van der Waals surface area contributed by atoms with Gasteiger partial charge in [-0.15, -0.1) is 0 Å². The maximum Gasteiger partial charge on any atom is 0.241 e. The molecule has 2 aromatic carbocycles. The van der Waals surface area contributed by atoms with Gasteiger partial charge in [-0.25, -0.2) is 4.90 Å². The van der Waals surface area contributed by atoms with Crippen molar-refractivity contribution in [1.29, 1.82) is 0 Å². The largest absolute Gasteiger partial charge is 0.504 e. The minimum absolute atomic E-state index is 0.0952. The Morgan fingerprint density at radius 3 is 2.27 bits per heavy atom. The fourth-order valence-corrected chi connectivity index (χ4v) is 7.78. The van der Waals surface area contributed by atoms with Crippen LogP contribution in [-0.4, -0.2) is 46.3 Å². The zero-order valence-electron chi connectivity index (χ0n) is 23.4. The lowest BCUT2D eigenvalue weighted by molar-refractivity contribution is -0.145. The number of para-hydroxylation sites is 2. The first-order chi connectivity index (χ1) is 18.9. The van der Waals surface area contributed by atoms with Crippen LogP contribution in [0.5, 0.6) is 11.5 Å². The number of phenols is 1. The minimum Gasteiger partial charge on any atom is -0.504 e. The van der Waals surface area contributed by atoms with Crippen molar-refractivity contribution in [3.05, 3.63) is 65.7 Å². The standard InChI is InChI=1S/C32H34N2O6/c1-31(2,3)34-27(36)19-15-14-18-21(24(19)29(34)38)16-22-28(37)33(17-10-7-6-8-11-17)30(39)32(22,4)25(18)20-12-9-13-23(40-5)26(20)35/h6-14,19,21-22,24-25,35H,15-16H2,1-5H3/t19-,21+,22-,24-,25+,32+/m0/s1. The topological polar surface area (TPSA) is 104 Å². The molecule has 8 heteroatoms. The van der Waals surface area contributed by atoms with Gasteiger partial charge in [0.05, 0.1) is 36.0 Å². The van der Waals surface area contributed by atoms with Gasteiger partial charge < -0.3 is 9.84 Å². The van der Waals surface area contributed by atoms with Crippen molar-refractivity contribution >= 4 is 29.3 Å². The van der Waals surface area contributed by atoms with Crippen LogP contribution in [0.15, 0.2) is 60.2 Å². The number of allylic oxidation sites excluding steroid dienone is 2. The summed E-state index contributed by atoms with van der Waals surface area (Å²) >= 11 is 0. The summed E-state index contributed by atoms with van der Waals surface area (Å²) in [5.41, 5.74) is -0.106. The van der Waals surface area contributed by atoms with Crippen LogP contribution in [0, 0.1) is 29.1 Å². The van der Waals surface area contributed by atoms with Crippen molar-refractivity contribution in [3.8, 4) is 11.5 Å². The third-order valence-corrected chi connectivity index (χ3v) is 9.52. The quantitative estimate of drug-likeness (QED) is 0.455. The number of benzene rings is 2. The molecule has 2 aliphatic carbocycles. The van der Waals surface area contributed by atoms with Crippen LogP contribution in [0.1, 0.15) is 52.0 Å². The average molecular weight is 543 g/mol. The van der Waals surface area contributed by atoms with Crippen LogP contribution in [0.4, 0.5) is 5.69 Å². The van der Waals surface area contributed by atoms with Crippen molar-refractivity contribution < 1.29 is 29.0 Å². The zero-order chi connectivity index (χ0) is 28.7. The normalized spacial score (nSPS) is 31.6. The lowest BCUT2D eigenvalue weighted by Gasteiger charge is -2.49. The van der Waals surface area contributed by atoms with Crippen LogP contribution >= 0.6 is 0 Å². The predicted molar refractivity (Wildman–Crippen MR) is 147 cm³/mol. The number of hydrogen-bond acceptors (Lipinski definition) is 6. The Morgan fingerprint density at radius 1 is 0.925 bits per heavy atom. The van der Waals surface area contributed by atoms with Gasteiger partial charge in [-0.3, -0.25) is 24.1 Å². The molecule has 40 heavy (non-hydrogen) atoms. The molecule has 1 saturated carbocycles. The summed E-state index contributed by atoms with van der Waals surface area (Å²) in [5.74, 6) is -3.92. The van der Waals surface area contributed by atoms with E-state index in [4.69, 9.17) is 4.74 Å². The van der Waals surface area contributed by atoms with Crippen LogP contribution in [-0.2, 0) is 19.2 Å². The molecule has 2 aromatic rings. The van der Waals surface area contributed by atoms with Crippen LogP contribution < -0.4 is 9.64 Å². The first kappa shape index (κ1) is 26.3. The number of fused-ring (bicyclic) bond motifs is 4. The maximum atomic E-state index is 14.4. The van der Waals surface area contributed by atoms with E-state index in [0.29, 0.717) is 17.7 Å². The molecule has 3 fully saturated rings. The maximum absolute atomic E-state index is 14.4.